The Hall–Kier alpha value is -2.70. The third-order valence-corrected chi connectivity index (χ3v) is 5.78. The molecule has 7 nitrogen and oxygen atoms in total. The van der Waals surface area contributed by atoms with E-state index in [0.717, 1.165) is 38.3 Å². The van der Waals surface area contributed by atoms with Crippen LogP contribution in [-0.4, -0.2) is 53.3 Å². The summed E-state index contributed by atoms with van der Waals surface area (Å²) >= 11 is 0. The van der Waals surface area contributed by atoms with Gasteiger partial charge in [0.2, 0.25) is 5.75 Å². The summed E-state index contributed by atoms with van der Waals surface area (Å²) in [5.74, 6) is 3.77. The number of amides is 1. The van der Waals surface area contributed by atoms with E-state index in [2.05, 4.69) is 29.6 Å². The zero-order chi connectivity index (χ0) is 23.1. The standard InChI is InChI=1S/C25H37N3O4/c1-6-30-21-15-20(16-22(31-7-2)23(21)32-8-3)25(29)27-12-9-19(10-13-27)17-28-14-11-26-24(28)18(4)5/h11,14-16,18-19H,6-10,12-13,17H2,1-5H3. The molecule has 0 aliphatic carbocycles. The fourth-order valence-electron chi connectivity index (χ4n) is 4.27. The number of rotatable bonds is 10. The number of benzene rings is 1. The highest BCUT2D eigenvalue weighted by Gasteiger charge is 2.26. The number of nitrogens with zero attached hydrogens (tertiary/aromatic N) is 3. The number of imidazole rings is 1. The maximum absolute atomic E-state index is 13.3. The van der Waals surface area contributed by atoms with E-state index in [9.17, 15) is 4.79 Å². The first-order chi connectivity index (χ1) is 15.5. The van der Waals surface area contributed by atoms with E-state index in [1.807, 2.05) is 31.9 Å². The molecule has 1 fully saturated rings. The molecule has 0 atom stereocenters. The Balaban J connectivity index is 1.70. The van der Waals surface area contributed by atoms with E-state index in [0.29, 0.717) is 54.5 Å². The van der Waals surface area contributed by atoms with E-state index in [-0.39, 0.29) is 5.91 Å². The predicted octanol–water partition coefficient (Wildman–Crippen LogP) is 4.76. The summed E-state index contributed by atoms with van der Waals surface area (Å²) in [6.45, 7) is 14.0. The minimum Gasteiger partial charge on any atom is -0.490 e. The van der Waals surface area contributed by atoms with E-state index >= 15 is 0 Å². The summed E-state index contributed by atoms with van der Waals surface area (Å²) in [7, 11) is 0. The predicted molar refractivity (Wildman–Crippen MR) is 125 cm³/mol. The Morgan fingerprint density at radius 2 is 1.62 bits per heavy atom. The minimum absolute atomic E-state index is 0.0129. The van der Waals surface area contributed by atoms with Gasteiger partial charge in [0.1, 0.15) is 5.82 Å². The van der Waals surface area contributed by atoms with Gasteiger partial charge in [0.05, 0.1) is 19.8 Å². The fourth-order valence-corrected chi connectivity index (χ4v) is 4.27. The molecule has 0 unspecified atom stereocenters. The van der Waals surface area contributed by atoms with Gasteiger partial charge < -0.3 is 23.7 Å². The maximum atomic E-state index is 13.3. The van der Waals surface area contributed by atoms with Gasteiger partial charge in [-0.05, 0) is 51.7 Å². The molecule has 1 aliphatic rings. The molecular formula is C25H37N3O4. The van der Waals surface area contributed by atoms with Gasteiger partial charge in [-0.25, -0.2) is 4.98 Å². The Kier molecular flexibility index (Phi) is 8.42. The van der Waals surface area contributed by atoms with Gasteiger partial charge >= 0.3 is 0 Å². The first kappa shape index (κ1) is 24.0. The first-order valence-corrected chi connectivity index (χ1v) is 11.8. The number of hydrogen-bond acceptors (Lipinski definition) is 5. The zero-order valence-corrected chi connectivity index (χ0v) is 20.1. The Morgan fingerprint density at radius 1 is 1.03 bits per heavy atom. The van der Waals surface area contributed by atoms with Gasteiger partial charge in [-0.3, -0.25) is 4.79 Å². The van der Waals surface area contributed by atoms with Crippen LogP contribution in [0.4, 0.5) is 0 Å². The molecule has 1 saturated heterocycles. The van der Waals surface area contributed by atoms with E-state index in [4.69, 9.17) is 14.2 Å². The van der Waals surface area contributed by atoms with Crippen molar-refractivity contribution in [3.8, 4) is 17.2 Å². The number of hydrogen-bond donors (Lipinski definition) is 0. The molecule has 0 bridgehead atoms. The second-order valence-corrected chi connectivity index (χ2v) is 8.43. The summed E-state index contributed by atoms with van der Waals surface area (Å²) in [4.78, 5) is 19.7. The van der Waals surface area contributed by atoms with Crippen molar-refractivity contribution in [2.24, 2.45) is 5.92 Å². The van der Waals surface area contributed by atoms with Crippen LogP contribution in [0.15, 0.2) is 24.5 Å². The van der Waals surface area contributed by atoms with Crippen LogP contribution in [0.5, 0.6) is 17.2 Å². The van der Waals surface area contributed by atoms with Crippen LogP contribution in [0.3, 0.4) is 0 Å². The molecule has 0 saturated carbocycles. The van der Waals surface area contributed by atoms with Gasteiger partial charge in [-0.15, -0.1) is 0 Å². The first-order valence-electron chi connectivity index (χ1n) is 11.8. The summed E-state index contributed by atoms with van der Waals surface area (Å²) in [6.07, 6.45) is 5.91. The van der Waals surface area contributed by atoms with Crippen LogP contribution in [0.25, 0.3) is 0 Å². The molecule has 0 radical (unpaired) electrons. The van der Waals surface area contributed by atoms with Crippen molar-refractivity contribution in [1.82, 2.24) is 14.5 Å². The molecule has 3 rings (SSSR count). The average Bonchev–Trinajstić information content (AvgIpc) is 3.24. The van der Waals surface area contributed by atoms with Crippen molar-refractivity contribution in [2.45, 2.75) is 59.9 Å². The lowest BCUT2D eigenvalue weighted by atomic mass is 9.96. The fraction of sp³-hybridized carbons (Fsp3) is 0.600. The number of carbonyl (C=O) groups is 1. The molecule has 1 aromatic heterocycles. The van der Waals surface area contributed by atoms with Crippen LogP contribution >= 0.6 is 0 Å². The SMILES string of the molecule is CCOc1cc(C(=O)N2CCC(Cn3ccnc3C(C)C)CC2)cc(OCC)c1OCC. The largest absolute Gasteiger partial charge is 0.490 e. The second-order valence-electron chi connectivity index (χ2n) is 8.43. The quantitative estimate of drug-likeness (QED) is 0.530. The topological polar surface area (TPSA) is 65.8 Å². The summed E-state index contributed by atoms with van der Waals surface area (Å²) in [5, 5.41) is 0. The van der Waals surface area contributed by atoms with Crippen LogP contribution in [0.2, 0.25) is 0 Å². The lowest BCUT2D eigenvalue weighted by Crippen LogP contribution is -2.39. The highest BCUT2D eigenvalue weighted by atomic mass is 16.5. The molecule has 2 heterocycles. The molecule has 1 aromatic carbocycles. The lowest BCUT2D eigenvalue weighted by Gasteiger charge is -2.33. The molecule has 1 amide bonds. The monoisotopic (exact) mass is 443 g/mol. The van der Waals surface area contributed by atoms with Crippen molar-refractivity contribution in [3.63, 3.8) is 0 Å². The van der Waals surface area contributed by atoms with Gasteiger partial charge in [0.15, 0.2) is 11.5 Å². The molecule has 7 heteroatoms. The number of likely N-dealkylation sites (tertiary alicyclic amines) is 1. The molecular weight excluding hydrogens is 406 g/mol. The van der Waals surface area contributed by atoms with Crippen molar-refractivity contribution < 1.29 is 19.0 Å². The van der Waals surface area contributed by atoms with Gasteiger partial charge in [-0.1, -0.05) is 13.8 Å². The minimum atomic E-state index is 0.0129. The summed E-state index contributed by atoms with van der Waals surface area (Å²) in [5.41, 5.74) is 0.579. The molecule has 2 aromatic rings. The molecule has 176 valence electrons. The van der Waals surface area contributed by atoms with Gasteiger partial charge in [0.25, 0.3) is 5.91 Å². The lowest BCUT2D eigenvalue weighted by molar-refractivity contribution is 0.0681. The molecule has 32 heavy (non-hydrogen) atoms. The van der Waals surface area contributed by atoms with Crippen LogP contribution < -0.4 is 14.2 Å². The average molecular weight is 444 g/mol. The van der Waals surface area contributed by atoms with Crippen molar-refractivity contribution in [1.29, 1.82) is 0 Å². The van der Waals surface area contributed by atoms with Crippen molar-refractivity contribution in [2.75, 3.05) is 32.9 Å². The Morgan fingerprint density at radius 3 is 2.16 bits per heavy atom. The van der Waals surface area contributed by atoms with Crippen molar-refractivity contribution >= 4 is 5.91 Å². The third kappa shape index (κ3) is 5.56. The van der Waals surface area contributed by atoms with E-state index in [1.54, 1.807) is 12.1 Å². The summed E-state index contributed by atoms with van der Waals surface area (Å²) in [6, 6.07) is 3.57. The highest BCUT2D eigenvalue weighted by molar-refractivity contribution is 5.95. The van der Waals surface area contributed by atoms with E-state index in [1.165, 1.54) is 0 Å². The van der Waals surface area contributed by atoms with E-state index < -0.39 is 0 Å². The van der Waals surface area contributed by atoms with Gasteiger partial charge in [0, 0.05) is 43.5 Å². The van der Waals surface area contributed by atoms with Crippen molar-refractivity contribution in [3.05, 3.63) is 35.9 Å². The number of carbonyl (C=O) groups excluding carboxylic acids is 1. The second kappa shape index (κ2) is 11.2. The number of ether oxygens (including phenoxy) is 3. The third-order valence-electron chi connectivity index (χ3n) is 5.78. The maximum Gasteiger partial charge on any atom is 0.254 e. The zero-order valence-electron chi connectivity index (χ0n) is 20.1. The highest BCUT2D eigenvalue weighted by Crippen LogP contribution is 2.39. The molecule has 0 spiro atoms. The summed E-state index contributed by atoms with van der Waals surface area (Å²) < 4.78 is 19.6. The molecule has 0 N–H and O–H groups in total. The molecule has 1 aliphatic heterocycles. The smallest absolute Gasteiger partial charge is 0.254 e. The van der Waals surface area contributed by atoms with Crippen LogP contribution in [0.1, 0.15) is 69.6 Å². The number of piperidine rings is 1. The number of aromatic nitrogens is 2. The van der Waals surface area contributed by atoms with Crippen LogP contribution in [-0.2, 0) is 6.54 Å². The Bertz CT molecular complexity index is 858. The normalized spacial score (nSPS) is 14.6. The Labute approximate surface area is 191 Å². The van der Waals surface area contributed by atoms with Crippen LogP contribution in [0, 0.1) is 5.92 Å². The van der Waals surface area contributed by atoms with Gasteiger partial charge in [-0.2, -0.15) is 0 Å².